The van der Waals surface area contributed by atoms with Crippen LogP contribution in [0.1, 0.15) is 29.6 Å². The summed E-state index contributed by atoms with van der Waals surface area (Å²) in [6, 6.07) is 3.89. The minimum atomic E-state index is -0.575. The number of halogens is 2. The van der Waals surface area contributed by atoms with Crippen LogP contribution in [0, 0.1) is 11.7 Å². The average molecular weight is 241 g/mol. The van der Waals surface area contributed by atoms with Gasteiger partial charge in [0.1, 0.15) is 11.6 Å². The lowest BCUT2D eigenvalue weighted by molar-refractivity contribution is -0.117. The number of hydrogen-bond donors (Lipinski definition) is 0. The Morgan fingerprint density at radius 2 is 2.19 bits per heavy atom. The van der Waals surface area contributed by atoms with Gasteiger partial charge in [0.15, 0.2) is 5.78 Å². The summed E-state index contributed by atoms with van der Waals surface area (Å²) in [6.07, 6.45) is 1.16. The van der Waals surface area contributed by atoms with E-state index in [0.717, 1.165) is 0 Å². The zero-order valence-electron chi connectivity index (χ0n) is 8.50. The Morgan fingerprint density at radius 3 is 2.81 bits per heavy atom. The van der Waals surface area contributed by atoms with Crippen LogP contribution in [0.2, 0.25) is 5.02 Å². The second-order valence-corrected chi connectivity index (χ2v) is 4.40. The molecule has 1 fully saturated rings. The molecule has 1 unspecified atom stereocenters. The van der Waals surface area contributed by atoms with Crippen LogP contribution in [0.4, 0.5) is 4.39 Å². The second kappa shape index (κ2) is 4.34. The van der Waals surface area contributed by atoms with E-state index in [4.69, 9.17) is 11.6 Å². The predicted molar refractivity (Wildman–Crippen MR) is 58.1 cm³/mol. The van der Waals surface area contributed by atoms with Crippen LogP contribution in [-0.4, -0.2) is 11.6 Å². The zero-order valence-corrected chi connectivity index (χ0v) is 9.26. The van der Waals surface area contributed by atoms with E-state index in [2.05, 4.69) is 0 Å². The molecule has 0 aromatic heterocycles. The van der Waals surface area contributed by atoms with Crippen molar-refractivity contribution in [3.63, 3.8) is 0 Å². The van der Waals surface area contributed by atoms with E-state index in [-0.39, 0.29) is 29.5 Å². The molecule has 1 saturated carbocycles. The SMILES string of the molecule is O=C1CCC(C(=O)c2cc(Cl)ccc2F)C1. The first kappa shape index (κ1) is 11.3. The topological polar surface area (TPSA) is 34.1 Å². The Morgan fingerprint density at radius 1 is 1.44 bits per heavy atom. The molecule has 0 saturated heterocycles. The van der Waals surface area contributed by atoms with Crippen LogP contribution in [-0.2, 0) is 4.79 Å². The molecule has 1 aliphatic carbocycles. The van der Waals surface area contributed by atoms with Gasteiger partial charge in [-0.3, -0.25) is 9.59 Å². The lowest BCUT2D eigenvalue weighted by Crippen LogP contribution is -2.13. The second-order valence-electron chi connectivity index (χ2n) is 3.97. The first-order valence-corrected chi connectivity index (χ1v) is 5.46. The monoisotopic (exact) mass is 240 g/mol. The molecule has 0 radical (unpaired) electrons. The van der Waals surface area contributed by atoms with Gasteiger partial charge in [-0.15, -0.1) is 0 Å². The van der Waals surface area contributed by atoms with Crippen LogP contribution in [0.3, 0.4) is 0 Å². The van der Waals surface area contributed by atoms with Gasteiger partial charge in [0.2, 0.25) is 0 Å². The summed E-state index contributed by atoms with van der Waals surface area (Å²) in [5.41, 5.74) is -0.00722. The van der Waals surface area contributed by atoms with E-state index in [1.807, 2.05) is 0 Å². The van der Waals surface area contributed by atoms with E-state index in [9.17, 15) is 14.0 Å². The average Bonchev–Trinajstić information content (AvgIpc) is 2.67. The summed E-state index contributed by atoms with van der Waals surface area (Å²) < 4.78 is 13.4. The van der Waals surface area contributed by atoms with Crippen molar-refractivity contribution in [3.8, 4) is 0 Å². The molecule has 0 spiro atoms. The van der Waals surface area contributed by atoms with Gasteiger partial charge in [-0.05, 0) is 24.6 Å². The molecule has 16 heavy (non-hydrogen) atoms. The van der Waals surface area contributed by atoms with Crippen LogP contribution in [0.15, 0.2) is 18.2 Å². The fourth-order valence-electron chi connectivity index (χ4n) is 1.94. The lowest BCUT2D eigenvalue weighted by atomic mass is 9.96. The maximum Gasteiger partial charge on any atom is 0.169 e. The van der Waals surface area contributed by atoms with Gasteiger partial charge < -0.3 is 0 Å². The number of Topliss-reactive ketones (excluding diaryl/α,β-unsaturated/α-hetero) is 2. The minimum Gasteiger partial charge on any atom is -0.300 e. The van der Waals surface area contributed by atoms with E-state index in [0.29, 0.717) is 17.9 Å². The Kier molecular flexibility index (Phi) is 3.06. The molecular formula is C12H10ClFO2. The molecule has 4 heteroatoms. The van der Waals surface area contributed by atoms with Gasteiger partial charge in [-0.2, -0.15) is 0 Å². The lowest BCUT2D eigenvalue weighted by Gasteiger charge is -2.08. The maximum absolute atomic E-state index is 13.4. The summed E-state index contributed by atoms with van der Waals surface area (Å²) in [7, 11) is 0. The van der Waals surface area contributed by atoms with Gasteiger partial charge in [0, 0.05) is 23.8 Å². The highest BCUT2D eigenvalue weighted by molar-refractivity contribution is 6.31. The third kappa shape index (κ3) is 2.14. The Labute approximate surface area is 97.4 Å². The highest BCUT2D eigenvalue weighted by atomic mass is 35.5. The van der Waals surface area contributed by atoms with E-state index < -0.39 is 5.82 Å². The molecule has 0 amide bonds. The van der Waals surface area contributed by atoms with Gasteiger partial charge >= 0.3 is 0 Å². The van der Waals surface area contributed by atoms with Crippen molar-refractivity contribution < 1.29 is 14.0 Å². The number of ketones is 2. The normalized spacial score (nSPS) is 20.1. The van der Waals surface area contributed by atoms with Gasteiger partial charge in [-0.1, -0.05) is 11.6 Å². The van der Waals surface area contributed by atoms with Crippen molar-refractivity contribution >= 4 is 23.2 Å². The van der Waals surface area contributed by atoms with Crippen molar-refractivity contribution in [3.05, 3.63) is 34.6 Å². The highest BCUT2D eigenvalue weighted by Crippen LogP contribution is 2.27. The van der Waals surface area contributed by atoms with Gasteiger partial charge in [0.05, 0.1) is 5.56 Å². The van der Waals surface area contributed by atoms with E-state index in [1.54, 1.807) is 0 Å². The summed E-state index contributed by atoms with van der Waals surface area (Å²) in [6.45, 7) is 0. The molecule has 1 atom stereocenters. The molecule has 1 aromatic rings. The Bertz CT molecular complexity index is 456. The Balaban J connectivity index is 2.27. The van der Waals surface area contributed by atoms with Gasteiger partial charge in [-0.25, -0.2) is 4.39 Å². The van der Waals surface area contributed by atoms with Crippen LogP contribution in [0.25, 0.3) is 0 Å². The molecule has 2 nitrogen and oxygen atoms in total. The van der Waals surface area contributed by atoms with Crippen LogP contribution in [0.5, 0.6) is 0 Å². The van der Waals surface area contributed by atoms with Crippen molar-refractivity contribution in [2.75, 3.05) is 0 Å². The summed E-state index contributed by atoms with van der Waals surface area (Å²) in [4.78, 5) is 23.0. The molecule has 2 rings (SSSR count). The summed E-state index contributed by atoms with van der Waals surface area (Å²) in [5.74, 6) is -1.19. The maximum atomic E-state index is 13.4. The van der Waals surface area contributed by atoms with E-state index >= 15 is 0 Å². The van der Waals surface area contributed by atoms with Crippen molar-refractivity contribution in [2.45, 2.75) is 19.3 Å². The molecule has 84 valence electrons. The molecule has 0 N–H and O–H groups in total. The molecule has 0 bridgehead atoms. The first-order valence-electron chi connectivity index (χ1n) is 5.09. The van der Waals surface area contributed by atoms with Crippen molar-refractivity contribution in [2.24, 2.45) is 5.92 Å². The molecule has 1 aliphatic rings. The quantitative estimate of drug-likeness (QED) is 0.745. The molecular weight excluding hydrogens is 231 g/mol. The summed E-state index contributed by atoms with van der Waals surface area (Å²) in [5, 5.41) is 0.328. The van der Waals surface area contributed by atoms with Gasteiger partial charge in [0.25, 0.3) is 0 Å². The van der Waals surface area contributed by atoms with E-state index in [1.165, 1.54) is 18.2 Å². The van der Waals surface area contributed by atoms with Crippen LogP contribution >= 0.6 is 11.6 Å². The standard InChI is InChI=1S/C12H10ClFO2/c13-8-2-4-11(14)10(6-8)12(16)7-1-3-9(15)5-7/h2,4,6-7H,1,3,5H2. The largest absolute Gasteiger partial charge is 0.300 e. The van der Waals surface area contributed by atoms with Crippen molar-refractivity contribution in [1.29, 1.82) is 0 Å². The molecule has 1 aromatic carbocycles. The molecule has 0 heterocycles. The number of carbonyl (C=O) groups is 2. The zero-order chi connectivity index (χ0) is 11.7. The third-order valence-corrected chi connectivity index (χ3v) is 3.05. The predicted octanol–water partition coefficient (Wildman–Crippen LogP) is 3.03. The first-order chi connectivity index (χ1) is 7.58. The minimum absolute atomic E-state index is 0.00722. The number of hydrogen-bond acceptors (Lipinski definition) is 2. The van der Waals surface area contributed by atoms with Crippen molar-refractivity contribution in [1.82, 2.24) is 0 Å². The molecule has 0 aliphatic heterocycles. The smallest absolute Gasteiger partial charge is 0.169 e. The summed E-state index contributed by atoms with van der Waals surface area (Å²) >= 11 is 5.71. The number of carbonyl (C=O) groups excluding carboxylic acids is 2. The number of benzene rings is 1. The fourth-order valence-corrected chi connectivity index (χ4v) is 2.12. The Hall–Kier alpha value is -1.22. The third-order valence-electron chi connectivity index (χ3n) is 2.81. The highest BCUT2D eigenvalue weighted by Gasteiger charge is 2.30. The number of rotatable bonds is 2. The fraction of sp³-hybridized carbons (Fsp3) is 0.333. The van der Waals surface area contributed by atoms with Crippen LogP contribution < -0.4 is 0 Å².